The lowest BCUT2D eigenvalue weighted by Crippen LogP contribution is -2.17. The molecule has 2 N–H and O–H groups in total. The number of hydrogen-bond donors (Lipinski definition) is 1. The molecule has 0 fully saturated rings. The van der Waals surface area contributed by atoms with Crippen molar-refractivity contribution < 1.29 is 4.74 Å². The molecule has 1 aromatic carbocycles. The smallest absolute Gasteiger partial charge is 0.126 e. The van der Waals surface area contributed by atoms with Gasteiger partial charge < -0.3 is 10.5 Å². The van der Waals surface area contributed by atoms with Crippen molar-refractivity contribution in [3.05, 3.63) is 28.8 Å². The molecule has 0 radical (unpaired) electrons. The third kappa shape index (κ3) is 3.76. The molecule has 0 aromatic heterocycles. The Morgan fingerprint density at radius 2 is 1.80 bits per heavy atom. The Labute approximate surface area is 124 Å². The SMILES string of the molecule is COc1c(C(C)C(C)CCN)cc(C)cc1C(C)(C)C. The van der Waals surface area contributed by atoms with Crippen LogP contribution in [0.2, 0.25) is 0 Å². The fourth-order valence-corrected chi connectivity index (χ4v) is 2.74. The molecule has 2 heteroatoms. The zero-order chi connectivity index (χ0) is 15.5. The molecule has 114 valence electrons. The number of ether oxygens (including phenoxy) is 1. The summed E-state index contributed by atoms with van der Waals surface area (Å²) in [6.07, 6.45) is 1.04. The molecule has 20 heavy (non-hydrogen) atoms. The molecule has 0 spiro atoms. The lowest BCUT2D eigenvalue weighted by molar-refractivity contribution is 0.376. The first-order valence-corrected chi connectivity index (χ1v) is 7.61. The molecule has 0 aliphatic carbocycles. The van der Waals surface area contributed by atoms with Gasteiger partial charge in [0.15, 0.2) is 0 Å². The molecule has 0 aliphatic heterocycles. The quantitative estimate of drug-likeness (QED) is 0.866. The van der Waals surface area contributed by atoms with Crippen LogP contribution in [0.4, 0.5) is 0 Å². The summed E-state index contributed by atoms with van der Waals surface area (Å²) < 4.78 is 5.78. The van der Waals surface area contributed by atoms with Crippen molar-refractivity contribution in [2.75, 3.05) is 13.7 Å². The molecule has 0 saturated heterocycles. The van der Waals surface area contributed by atoms with Crippen LogP contribution in [0.1, 0.15) is 63.6 Å². The van der Waals surface area contributed by atoms with E-state index in [4.69, 9.17) is 10.5 Å². The van der Waals surface area contributed by atoms with Crippen molar-refractivity contribution in [2.24, 2.45) is 11.7 Å². The van der Waals surface area contributed by atoms with Gasteiger partial charge in [-0.25, -0.2) is 0 Å². The molecule has 2 atom stereocenters. The van der Waals surface area contributed by atoms with E-state index in [1.54, 1.807) is 7.11 Å². The Kier molecular flexibility index (Phi) is 5.64. The van der Waals surface area contributed by atoms with Crippen LogP contribution in [-0.2, 0) is 5.41 Å². The number of hydrogen-bond acceptors (Lipinski definition) is 2. The van der Waals surface area contributed by atoms with Gasteiger partial charge in [0.25, 0.3) is 0 Å². The fraction of sp³-hybridized carbons (Fsp3) is 0.667. The molecule has 0 saturated carbocycles. The van der Waals surface area contributed by atoms with Gasteiger partial charge in [-0.05, 0) is 42.7 Å². The summed E-state index contributed by atoms with van der Waals surface area (Å²) in [5, 5.41) is 0. The molecule has 0 bridgehead atoms. The highest BCUT2D eigenvalue weighted by Gasteiger charge is 2.25. The standard InChI is InChI=1S/C18H31NO/c1-12-10-15(14(3)13(2)8-9-19)17(20-7)16(11-12)18(4,5)6/h10-11,13-14H,8-9,19H2,1-7H3. The molecular formula is C18H31NO. The Morgan fingerprint density at radius 3 is 2.25 bits per heavy atom. The van der Waals surface area contributed by atoms with E-state index >= 15 is 0 Å². The molecule has 0 heterocycles. The van der Waals surface area contributed by atoms with Crippen LogP contribution in [0.5, 0.6) is 5.75 Å². The highest BCUT2D eigenvalue weighted by Crippen LogP contribution is 2.40. The van der Waals surface area contributed by atoms with Gasteiger partial charge in [-0.1, -0.05) is 52.3 Å². The molecule has 1 rings (SSSR count). The summed E-state index contributed by atoms with van der Waals surface area (Å²) in [5.41, 5.74) is 9.71. The molecular weight excluding hydrogens is 246 g/mol. The largest absolute Gasteiger partial charge is 0.496 e. The second-order valence-corrected chi connectivity index (χ2v) is 7.03. The molecule has 0 amide bonds. The number of methoxy groups -OCH3 is 1. The van der Waals surface area contributed by atoms with E-state index in [1.807, 2.05) is 0 Å². The van der Waals surface area contributed by atoms with E-state index in [2.05, 4.69) is 53.7 Å². The van der Waals surface area contributed by atoms with Crippen LogP contribution in [0.25, 0.3) is 0 Å². The second kappa shape index (κ2) is 6.62. The highest BCUT2D eigenvalue weighted by atomic mass is 16.5. The van der Waals surface area contributed by atoms with Crippen molar-refractivity contribution in [2.45, 2.75) is 59.3 Å². The van der Waals surface area contributed by atoms with Crippen molar-refractivity contribution in [3.63, 3.8) is 0 Å². The van der Waals surface area contributed by atoms with Gasteiger partial charge in [0.2, 0.25) is 0 Å². The minimum absolute atomic E-state index is 0.0862. The second-order valence-electron chi connectivity index (χ2n) is 7.03. The number of nitrogens with two attached hydrogens (primary N) is 1. The average Bonchev–Trinajstić information content (AvgIpc) is 2.36. The maximum absolute atomic E-state index is 5.78. The van der Waals surface area contributed by atoms with Gasteiger partial charge in [0.05, 0.1) is 7.11 Å². The van der Waals surface area contributed by atoms with Crippen LogP contribution in [-0.4, -0.2) is 13.7 Å². The molecule has 0 aliphatic rings. The first-order chi connectivity index (χ1) is 9.22. The molecule has 1 aromatic rings. The first kappa shape index (κ1) is 17.0. The first-order valence-electron chi connectivity index (χ1n) is 7.61. The minimum Gasteiger partial charge on any atom is -0.496 e. The van der Waals surface area contributed by atoms with E-state index in [-0.39, 0.29) is 5.41 Å². The average molecular weight is 277 g/mol. The fourth-order valence-electron chi connectivity index (χ4n) is 2.74. The van der Waals surface area contributed by atoms with E-state index in [1.165, 1.54) is 16.7 Å². The minimum atomic E-state index is 0.0862. The zero-order valence-corrected chi connectivity index (χ0v) is 14.2. The summed E-state index contributed by atoms with van der Waals surface area (Å²) in [4.78, 5) is 0. The van der Waals surface area contributed by atoms with Crippen LogP contribution >= 0.6 is 0 Å². The van der Waals surface area contributed by atoms with Crippen LogP contribution < -0.4 is 10.5 Å². The maximum atomic E-state index is 5.78. The Balaban J connectivity index is 3.35. The van der Waals surface area contributed by atoms with Gasteiger partial charge in [0.1, 0.15) is 5.75 Å². The monoisotopic (exact) mass is 277 g/mol. The van der Waals surface area contributed by atoms with Crippen molar-refractivity contribution in [1.82, 2.24) is 0 Å². The Morgan fingerprint density at radius 1 is 1.20 bits per heavy atom. The van der Waals surface area contributed by atoms with E-state index in [9.17, 15) is 0 Å². The van der Waals surface area contributed by atoms with E-state index in [0.717, 1.165) is 18.7 Å². The zero-order valence-electron chi connectivity index (χ0n) is 14.2. The van der Waals surface area contributed by atoms with Gasteiger partial charge in [-0.3, -0.25) is 0 Å². The van der Waals surface area contributed by atoms with E-state index in [0.29, 0.717) is 11.8 Å². The normalized spacial score (nSPS) is 15.0. The third-order valence-corrected chi connectivity index (χ3v) is 4.24. The van der Waals surface area contributed by atoms with Crippen molar-refractivity contribution >= 4 is 0 Å². The Hall–Kier alpha value is -1.02. The van der Waals surface area contributed by atoms with Crippen LogP contribution in [0.3, 0.4) is 0 Å². The summed E-state index contributed by atoms with van der Waals surface area (Å²) in [7, 11) is 1.78. The number of benzene rings is 1. The summed E-state index contributed by atoms with van der Waals surface area (Å²) in [6, 6.07) is 4.52. The topological polar surface area (TPSA) is 35.2 Å². The predicted molar refractivity (Wildman–Crippen MR) is 87.7 cm³/mol. The summed E-state index contributed by atoms with van der Waals surface area (Å²) >= 11 is 0. The summed E-state index contributed by atoms with van der Waals surface area (Å²) in [6.45, 7) is 14.2. The number of aryl methyl sites for hydroxylation is 1. The van der Waals surface area contributed by atoms with Crippen LogP contribution in [0, 0.1) is 12.8 Å². The van der Waals surface area contributed by atoms with Gasteiger partial charge >= 0.3 is 0 Å². The van der Waals surface area contributed by atoms with Crippen molar-refractivity contribution in [1.29, 1.82) is 0 Å². The van der Waals surface area contributed by atoms with Gasteiger partial charge in [-0.2, -0.15) is 0 Å². The van der Waals surface area contributed by atoms with E-state index < -0.39 is 0 Å². The van der Waals surface area contributed by atoms with Crippen molar-refractivity contribution in [3.8, 4) is 5.75 Å². The highest BCUT2D eigenvalue weighted by molar-refractivity contribution is 5.49. The Bertz CT molecular complexity index is 445. The lowest BCUT2D eigenvalue weighted by Gasteiger charge is -2.28. The summed E-state index contributed by atoms with van der Waals surface area (Å²) in [5.74, 6) is 2.07. The molecule has 2 unspecified atom stereocenters. The number of rotatable bonds is 5. The van der Waals surface area contributed by atoms with Crippen LogP contribution in [0.15, 0.2) is 12.1 Å². The maximum Gasteiger partial charge on any atom is 0.126 e. The predicted octanol–water partition coefficient (Wildman–Crippen LogP) is 4.39. The lowest BCUT2D eigenvalue weighted by atomic mass is 9.79. The third-order valence-electron chi connectivity index (χ3n) is 4.24. The van der Waals surface area contributed by atoms with Gasteiger partial charge in [-0.15, -0.1) is 0 Å². The van der Waals surface area contributed by atoms with Gasteiger partial charge in [0, 0.05) is 5.56 Å². The molecule has 2 nitrogen and oxygen atoms in total.